The Morgan fingerprint density at radius 3 is 2.31 bits per heavy atom. The third-order valence-corrected chi connectivity index (χ3v) is 5.69. The van der Waals surface area contributed by atoms with Crippen LogP contribution in [0.4, 0.5) is 0 Å². The predicted molar refractivity (Wildman–Crippen MR) is 121 cm³/mol. The predicted octanol–water partition coefficient (Wildman–Crippen LogP) is 4.21. The molecule has 2 aromatic rings. The number of amides is 1. The quantitative estimate of drug-likeness (QED) is 0.502. The molecule has 2 N–H and O–H groups in total. The van der Waals surface area contributed by atoms with Gasteiger partial charge in [-0.15, -0.1) is 0 Å². The van der Waals surface area contributed by atoms with Gasteiger partial charge in [-0.1, -0.05) is 56.0 Å². The smallest absolute Gasteiger partial charge is 0.240 e. The molecule has 7 heteroatoms. The van der Waals surface area contributed by atoms with Crippen LogP contribution in [0.5, 0.6) is 5.75 Å². The number of carbonyl (C=O) groups excluding carboxylic acids is 1. The number of thiocarbonyl (C=S) groups is 1. The summed E-state index contributed by atoms with van der Waals surface area (Å²) in [6.07, 6.45) is 0. The van der Waals surface area contributed by atoms with E-state index in [4.69, 9.17) is 28.0 Å². The van der Waals surface area contributed by atoms with Crippen LogP contribution in [0.15, 0.2) is 59.5 Å². The molecule has 2 rings (SSSR count). The van der Waals surface area contributed by atoms with E-state index in [1.54, 1.807) is 24.3 Å². The lowest BCUT2D eigenvalue weighted by atomic mass is 10.0. The molecule has 0 aliphatic heterocycles. The van der Waals surface area contributed by atoms with Crippen molar-refractivity contribution in [2.24, 2.45) is 11.7 Å². The third-order valence-electron chi connectivity index (χ3n) is 4.33. The van der Waals surface area contributed by atoms with Crippen LogP contribution >= 0.6 is 24.0 Å². The van der Waals surface area contributed by atoms with Crippen molar-refractivity contribution >= 4 is 34.2 Å². The maximum absolute atomic E-state index is 12.2. The van der Waals surface area contributed by atoms with E-state index >= 15 is 0 Å². The molecular formula is C22H25N3O2S2. The minimum atomic E-state index is -0.543. The molecule has 2 aromatic carbocycles. The fourth-order valence-electron chi connectivity index (χ4n) is 2.92. The van der Waals surface area contributed by atoms with Gasteiger partial charge < -0.3 is 15.4 Å². The lowest BCUT2D eigenvalue weighted by Crippen LogP contribution is -2.54. The summed E-state index contributed by atoms with van der Waals surface area (Å²) in [5.41, 5.74) is 6.30. The molecule has 0 aliphatic rings. The van der Waals surface area contributed by atoms with Gasteiger partial charge in [0.1, 0.15) is 22.7 Å². The molecule has 0 aromatic heterocycles. The first-order chi connectivity index (χ1) is 13.8. The molecule has 2 atom stereocenters. The maximum Gasteiger partial charge on any atom is 0.240 e. The van der Waals surface area contributed by atoms with Crippen LogP contribution in [-0.4, -0.2) is 33.8 Å². The highest BCUT2D eigenvalue weighted by Gasteiger charge is 2.33. The Labute approximate surface area is 181 Å². The molecule has 1 amide bonds. The van der Waals surface area contributed by atoms with Gasteiger partial charge in [-0.25, -0.2) is 0 Å². The number of rotatable bonds is 8. The van der Waals surface area contributed by atoms with Crippen LogP contribution in [0, 0.1) is 17.2 Å². The van der Waals surface area contributed by atoms with Gasteiger partial charge in [0.25, 0.3) is 0 Å². The summed E-state index contributed by atoms with van der Waals surface area (Å²) in [4.78, 5) is 15.1. The highest BCUT2D eigenvalue weighted by molar-refractivity contribution is 8.22. The van der Waals surface area contributed by atoms with E-state index in [0.29, 0.717) is 22.2 Å². The first-order valence-electron chi connectivity index (χ1n) is 9.31. The van der Waals surface area contributed by atoms with Crippen LogP contribution in [0.25, 0.3) is 0 Å². The summed E-state index contributed by atoms with van der Waals surface area (Å²) in [7, 11) is 0. The van der Waals surface area contributed by atoms with Gasteiger partial charge in [0.2, 0.25) is 5.91 Å². The van der Waals surface area contributed by atoms with E-state index in [-0.39, 0.29) is 12.0 Å². The number of nitrogens with zero attached hydrogens (tertiary/aromatic N) is 2. The zero-order chi connectivity index (χ0) is 21.4. The Morgan fingerprint density at radius 2 is 1.79 bits per heavy atom. The van der Waals surface area contributed by atoms with Crippen LogP contribution in [-0.2, 0) is 4.79 Å². The Morgan fingerprint density at radius 1 is 1.17 bits per heavy atom. The van der Waals surface area contributed by atoms with E-state index in [1.807, 2.05) is 56.0 Å². The van der Waals surface area contributed by atoms with Crippen LogP contribution < -0.4 is 10.5 Å². The topological polar surface area (TPSA) is 79.3 Å². The molecular weight excluding hydrogens is 402 g/mol. The molecule has 0 radical (unpaired) electrons. The molecule has 29 heavy (non-hydrogen) atoms. The molecule has 0 heterocycles. The Bertz CT molecular complexity index is 864. The fourth-order valence-corrected chi connectivity index (χ4v) is 4.40. The van der Waals surface area contributed by atoms with Gasteiger partial charge in [0, 0.05) is 4.90 Å². The molecule has 0 aliphatic carbocycles. The molecule has 0 bridgehead atoms. The largest absolute Gasteiger partial charge is 0.491 e. The lowest BCUT2D eigenvalue weighted by molar-refractivity contribution is -0.123. The van der Waals surface area contributed by atoms with Gasteiger partial charge in [0.15, 0.2) is 0 Å². The summed E-state index contributed by atoms with van der Waals surface area (Å²) in [6, 6.07) is 18.0. The summed E-state index contributed by atoms with van der Waals surface area (Å²) in [6.45, 7) is 6.18. The molecule has 0 fully saturated rings. The second kappa shape index (κ2) is 10.8. The van der Waals surface area contributed by atoms with Crippen molar-refractivity contribution < 1.29 is 9.53 Å². The Hall–Kier alpha value is -2.56. The minimum absolute atomic E-state index is 0.0146. The second-order valence-corrected chi connectivity index (χ2v) is 8.68. The molecule has 0 saturated carbocycles. The summed E-state index contributed by atoms with van der Waals surface area (Å²) in [5, 5.41) is 8.91. The Kier molecular flexibility index (Phi) is 8.50. The number of nitrogens with two attached hydrogens (primary N) is 1. The number of carbonyl (C=O) groups is 1. The van der Waals surface area contributed by atoms with Crippen molar-refractivity contribution in [3.63, 3.8) is 0 Å². The van der Waals surface area contributed by atoms with E-state index < -0.39 is 11.9 Å². The van der Waals surface area contributed by atoms with Gasteiger partial charge >= 0.3 is 0 Å². The number of hydrogen-bond acceptors (Lipinski definition) is 5. The van der Waals surface area contributed by atoms with Gasteiger partial charge in [-0.2, -0.15) is 5.26 Å². The van der Waals surface area contributed by atoms with Gasteiger partial charge in [0.05, 0.1) is 17.7 Å². The summed E-state index contributed by atoms with van der Waals surface area (Å²) < 4.78 is 6.46. The number of primary amides is 1. The van der Waals surface area contributed by atoms with Gasteiger partial charge in [-0.05, 0) is 49.2 Å². The highest BCUT2D eigenvalue weighted by Crippen LogP contribution is 2.27. The van der Waals surface area contributed by atoms with Crippen molar-refractivity contribution in [2.75, 3.05) is 6.61 Å². The van der Waals surface area contributed by atoms with Crippen molar-refractivity contribution in [3.05, 3.63) is 60.2 Å². The van der Waals surface area contributed by atoms with Crippen molar-refractivity contribution in [2.45, 2.75) is 37.8 Å². The molecule has 5 nitrogen and oxygen atoms in total. The van der Waals surface area contributed by atoms with Crippen LogP contribution in [0.1, 0.15) is 26.3 Å². The number of hydrogen-bond donors (Lipinski definition) is 1. The number of ether oxygens (including phenoxy) is 1. The van der Waals surface area contributed by atoms with E-state index in [0.717, 1.165) is 4.90 Å². The summed E-state index contributed by atoms with van der Waals surface area (Å²) in [5.74, 6) is 0.220. The average molecular weight is 428 g/mol. The van der Waals surface area contributed by atoms with E-state index in [2.05, 4.69) is 6.07 Å². The second-order valence-electron chi connectivity index (χ2n) is 6.98. The molecule has 0 saturated heterocycles. The van der Waals surface area contributed by atoms with Crippen LogP contribution in [0.3, 0.4) is 0 Å². The number of benzene rings is 2. The molecule has 0 spiro atoms. The average Bonchev–Trinajstić information content (AvgIpc) is 2.70. The Balaban J connectivity index is 2.19. The summed E-state index contributed by atoms with van der Waals surface area (Å²) >= 11 is 7.13. The van der Waals surface area contributed by atoms with Crippen molar-refractivity contribution in [3.8, 4) is 11.8 Å². The number of nitriles is 1. The fraction of sp³-hybridized carbons (Fsp3) is 0.318. The standard InChI is InChI=1S/C22H25N3O2S2/c1-15(2)20(21(24)26)25(22(28)29-19-7-5-4-6-8-19)16(3)14-27-18-11-9-17(13-23)10-12-18/h4-12,15-16,20H,14H2,1-3H3,(H2,24,26)/t16?,20-/m0/s1. The minimum Gasteiger partial charge on any atom is -0.491 e. The number of thioether (sulfide) groups is 1. The first-order valence-corrected chi connectivity index (χ1v) is 10.5. The van der Waals surface area contributed by atoms with Crippen LogP contribution in [0.2, 0.25) is 0 Å². The maximum atomic E-state index is 12.2. The molecule has 1 unspecified atom stereocenters. The first kappa shape index (κ1) is 22.7. The third kappa shape index (κ3) is 6.48. The van der Waals surface area contributed by atoms with Gasteiger partial charge in [-0.3, -0.25) is 4.79 Å². The zero-order valence-corrected chi connectivity index (χ0v) is 18.4. The normalized spacial score (nSPS) is 12.7. The monoisotopic (exact) mass is 427 g/mol. The zero-order valence-electron chi connectivity index (χ0n) is 16.7. The van der Waals surface area contributed by atoms with E-state index in [9.17, 15) is 4.79 Å². The SMILES string of the molecule is CC(C)[C@@H](C(N)=O)N(C(=S)Sc1ccccc1)C(C)COc1ccc(C#N)cc1. The van der Waals surface area contributed by atoms with Crippen molar-refractivity contribution in [1.29, 1.82) is 5.26 Å². The van der Waals surface area contributed by atoms with E-state index in [1.165, 1.54) is 11.8 Å². The molecule has 152 valence electrons. The van der Waals surface area contributed by atoms with Crippen molar-refractivity contribution in [1.82, 2.24) is 4.90 Å². The highest BCUT2D eigenvalue weighted by atomic mass is 32.2. The lowest BCUT2D eigenvalue weighted by Gasteiger charge is -2.38.